The fourth-order valence-electron chi connectivity index (χ4n) is 1.64. The van der Waals surface area contributed by atoms with Crippen molar-refractivity contribution >= 4 is 5.91 Å². The summed E-state index contributed by atoms with van der Waals surface area (Å²) in [4.78, 5) is 15.3. The molecule has 1 heterocycles. The van der Waals surface area contributed by atoms with E-state index in [4.69, 9.17) is 5.11 Å². The van der Waals surface area contributed by atoms with Crippen LogP contribution in [0.25, 0.3) is 0 Å². The van der Waals surface area contributed by atoms with Crippen LogP contribution < -0.4 is 5.32 Å². The molecule has 0 saturated carbocycles. The Hall–Kier alpha value is -1.49. The number of pyridine rings is 1. The Morgan fingerprint density at radius 3 is 2.72 bits per heavy atom. The van der Waals surface area contributed by atoms with Crippen molar-refractivity contribution in [3.05, 3.63) is 29.8 Å². The number of halogens is 1. The average Bonchev–Trinajstić information content (AvgIpc) is 2.27. The van der Waals surface area contributed by atoms with Crippen LogP contribution in [0.3, 0.4) is 0 Å². The standard InChI is InChI=1S/C13H19FN2O2/c1-13(2,3)10(5-7-17)16-12(18)9-4-6-15-11(14)8-9/h4,6,8,10,17H,5,7H2,1-3H3,(H,16,18). The highest BCUT2D eigenvalue weighted by Crippen LogP contribution is 2.22. The molecule has 0 aliphatic rings. The number of nitrogens with zero attached hydrogens (tertiary/aromatic N) is 1. The van der Waals surface area contributed by atoms with Crippen molar-refractivity contribution in [1.29, 1.82) is 0 Å². The quantitative estimate of drug-likeness (QED) is 0.805. The normalized spacial score (nSPS) is 13.2. The van der Waals surface area contributed by atoms with E-state index in [-0.39, 0.29) is 29.5 Å². The summed E-state index contributed by atoms with van der Waals surface area (Å²) in [5, 5.41) is 11.8. The molecule has 5 heteroatoms. The molecule has 0 saturated heterocycles. The molecule has 0 bridgehead atoms. The number of aliphatic hydroxyl groups excluding tert-OH is 1. The number of carbonyl (C=O) groups excluding carboxylic acids is 1. The maximum atomic E-state index is 12.9. The van der Waals surface area contributed by atoms with Crippen LogP contribution in [0.1, 0.15) is 37.6 Å². The number of hydrogen-bond acceptors (Lipinski definition) is 3. The van der Waals surface area contributed by atoms with Gasteiger partial charge in [-0.05, 0) is 17.9 Å². The smallest absolute Gasteiger partial charge is 0.251 e. The van der Waals surface area contributed by atoms with Gasteiger partial charge in [0.15, 0.2) is 0 Å². The molecule has 0 aliphatic heterocycles. The van der Waals surface area contributed by atoms with Gasteiger partial charge in [-0.1, -0.05) is 20.8 Å². The molecule has 1 atom stereocenters. The second-order valence-electron chi connectivity index (χ2n) is 5.27. The molecule has 1 rings (SSSR count). The summed E-state index contributed by atoms with van der Waals surface area (Å²) in [5.41, 5.74) is 0.0546. The zero-order valence-corrected chi connectivity index (χ0v) is 10.9. The summed E-state index contributed by atoms with van der Waals surface area (Å²) in [6.45, 7) is 5.91. The van der Waals surface area contributed by atoms with Crippen molar-refractivity contribution in [2.45, 2.75) is 33.2 Å². The number of aliphatic hydroxyl groups is 1. The second-order valence-corrected chi connectivity index (χ2v) is 5.27. The predicted octanol–water partition coefficient (Wildman–Crippen LogP) is 1.75. The Bertz CT molecular complexity index is 416. The summed E-state index contributed by atoms with van der Waals surface area (Å²) >= 11 is 0. The third-order valence-corrected chi connectivity index (χ3v) is 2.76. The van der Waals surface area contributed by atoms with Gasteiger partial charge in [0.05, 0.1) is 0 Å². The van der Waals surface area contributed by atoms with Crippen LogP contribution >= 0.6 is 0 Å². The van der Waals surface area contributed by atoms with Gasteiger partial charge >= 0.3 is 0 Å². The highest BCUT2D eigenvalue weighted by molar-refractivity contribution is 5.94. The Morgan fingerprint density at radius 2 is 2.22 bits per heavy atom. The van der Waals surface area contributed by atoms with Crippen molar-refractivity contribution < 1.29 is 14.3 Å². The van der Waals surface area contributed by atoms with E-state index in [1.54, 1.807) is 0 Å². The predicted molar refractivity (Wildman–Crippen MR) is 66.6 cm³/mol. The molecule has 0 aromatic carbocycles. The minimum Gasteiger partial charge on any atom is -0.396 e. The van der Waals surface area contributed by atoms with Crippen molar-refractivity contribution in [2.24, 2.45) is 5.41 Å². The fraction of sp³-hybridized carbons (Fsp3) is 0.538. The molecule has 1 amide bonds. The molecule has 0 spiro atoms. The van der Waals surface area contributed by atoms with E-state index in [1.165, 1.54) is 12.3 Å². The van der Waals surface area contributed by atoms with Crippen molar-refractivity contribution in [3.8, 4) is 0 Å². The molecule has 0 radical (unpaired) electrons. The Balaban J connectivity index is 2.79. The summed E-state index contributed by atoms with van der Waals surface area (Å²) in [7, 11) is 0. The molecular weight excluding hydrogens is 235 g/mol. The van der Waals surface area contributed by atoms with Gasteiger partial charge < -0.3 is 10.4 Å². The molecule has 4 nitrogen and oxygen atoms in total. The van der Waals surface area contributed by atoms with E-state index in [1.807, 2.05) is 20.8 Å². The molecule has 1 unspecified atom stereocenters. The number of aromatic nitrogens is 1. The van der Waals surface area contributed by atoms with Gasteiger partial charge in [-0.3, -0.25) is 4.79 Å². The van der Waals surface area contributed by atoms with E-state index in [0.717, 1.165) is 6.07 Å². The maximum absolute atomic E-state index is 12.9. The highest BCUT2D eigenvalue weighted by atomic mass is 19.1. The van der Waals surface area contributed by atoms with E-state index >= 15 is 0 Å². The highest BCUT2D eigenvalue weighted by Gasteiger charge is 2.26. The number of amides is 1. The Labute approximate surface area is 106 Å². The van der Waals surface area contributed by atoms with Crippen LogP contribution in [0.15, 0.2) is 18.3 Å². The van der Waals surface area contributed by atoms with Gasteiger partial charge in [-0.15, -0.1) is 0 Å². The lowest BCUT2D eigenvalue weighted by atomic mass is 9.85. The number of hydrogen-bond donors (Lipinski definition) is 2. The van der Waals surface area contributed by atoms with E-state index in [2.05, 4.69) is 10.3 Å². The van der Waals surface area contributed by atoms with Crippen LogP contribution in [0, 0.1) is 11.4 Å². The molecular formula is C13H19FN2O2. The Kier molecular flexibility index (Phi) is 4.78. The lowest BCUT2D eigenvalue weighted by Gasteiger charge is -2.31. The Morgan fingerprint density at radius 1 is 1.56 bits per heavy atom. The van der Waals surface area contributed by atoms with Gasteiger partial charge in [0.2, 0.25) is 5.95 Å². The zero-order chi connectivity index (χ0) is 13.8. The SMILES string of the molecule is CC(C)(C)C(CCO)NC(=O)c1ccnc(F)c1. The van der Waals surface area contributed by atoms with Crippen LogP contribution in [0.4, 0.5) is 4.39 Å². The minimum absolute atomic E-state index is 0.00702. The van der Waals surface area contributed by atoms with Gasteiger partial charge in [0.25, 0.3) is 5.91 Å². The monoisotopic (exact) mass is 254 g/mol. The minimum atomic E-state index is -0.683. The number of rotatable bonds is 4. The topological polar surface area (TPSA) is 62.2 Å². The lowest BCUT2D eigenvalue weighted by molar-refractivity contribution is 0.0884. The third kappa shape index (κ3) is 4.07. The largest absolute Gasteiger partial charge is 0.396 e. The molecule has 0 aliphatic carbocycles. The fourth-order valence-corrected chi connectivity index (χ4v) is 1.64. The lowest BCUT2D eigenvalue weighted by Crippen LogP contribution is -2.44. The third-order valence-electron chi connectivity index (χ3n) is 2.76. The van der Waals surface area contributed by atoms with Crippen LogP contribution in [0.5, 0.6) is 0 Å². The van der Waals surface area contributed by atoms with Gasteiger partial charge in [0.1, 0.15) is 0 Å². The molecule has 2 N–H and O–H groups in total. The maximum Gasteiger partial charge on any atom is 0.251 e. The summed E-state index contributed by atoms with van der Waals surface area (Å²) in [5.74, 6) is -1.04. The van der Waals surface area contributed by atoms with Crippen LogP contribution in [-0.4, -0.2) is 28.6 Å². The summed E-state index contributed by atoms with van der Waals surface area (Å²) in [6.07, 6.45) is 1.71. The summed E-state index contributed by atoms with van der Waals surface area (Å²) < 4.78 is 12.9. The van der Waals surface area contributed by atoms with Gasteiger partial charge in [-0.2, -0.15) is 4.39 Å². The number of carbonyl (C=O) groups is 1. The van der Waals surface area contributed by atoms with Gasteiger partial charge in [-0.25, -0.2) is 4.98 Å². The van der Waals surface area contributed by atoms with E-state index in [0.29, 0.717) is 6.42 Å². The first-order valence-corrected chi connectivity index (χ1v) is 5.88. The molecule has 1 aromatic heterocycles. The zero-order valence-electron chi connectivity index (χ0n) is 10.9. The first-order chi connectivity index (χ1) is 8.34. The summed E-state index contributed by atoms with van der Waals surface area (Å²) in [6, 6.07) is 2.37. The van der Waals surface area contributed by atoms with Crippen LogP contribution in [0.2, 0.25) is 0 Å². The van der Waals surface area contributed by atoms with E-state index < -0.39 is 5.95 Å². The molecule has 0 fully saturated rings. The number of nitrogens with one attached hydrogen (secondary N) is 1. The average molecular weight is 254 g/mol. The molecule has 18 heavy (non-hydrogen) atoms. The molecule has 100 valence electrons. The molecule has 1 aromatic rings. The van der Waals surface area contributed by atoms with Gasteiger partial charge in [0, 0.05) is 30.5 Å². The van der Waals surface area contributed by atoms with Crippen molar-refractivity contribution in [3.63, 3.8) is 0 Å². The van der Waals surface area contributed by atoms with Crippen molar-refractivity contribution in [1.82, 2.24) is 10.3 Å². The second kappa shape index (κ2) is 5.91. The van der Waals surface area contributed by atoms with Crippen molar-refractivity contribution in [2.75, 3.05) is 6.61 Å². The first kappa shape index (κ1) is 14.6. The van der Waals surface area contributed by atoms with E-state index in [9.17, 15) is 9.18 Å². The van der Waals surface area contributed by atoms with Crippen LogP contribution in [-0.2, 0) is 0 Å². The first-order valence-electron chi connectivity index (χ1n) is 5.88.